The van der Waals surface area contributed by atoms with Gasteiger partial charge in [0.1, 0.15) is 5.75 Å². The summed E-state index contributed by atoms with van der Waals surface area (Å²) in [6, 6.07) is 10.3. The Morgan fingerprint density at radius 2 is 2.00 bits per heavy atom. The molecule has 0 amide bonds. The molecular weight excluding hydrogens is 288 g/mol. The average Bonchev–Trinajstić information content (AvgIpc) is 3.06. The molecule has 124 valence electrons. The lowest BCUT2D eigenvalue weighted by Crippen LogP contribution is -2.38. The summed E-state index contributed by atoms with van der Waals surface area (Å²) >= 11 is 0. The van der Waals surface area contributed by atoms with Crippen molar-refractivity contribution in [3.8, 4) is 5.75 Å². The third kappa shape index (κ3) is 5.36. The first-order chi connectivity index (χ1) is 11.2. The van der Waals surface area contributed by atoms with Gasteiger partial charge in [0.2, 0.25) is 0 Å². The number of nitrogens with one attached hydrogen (secondary N) is 2. The van der Waals surface area contributed by atoms with Crippen molar-refractivity contribution < 1.29 is 4.74 Å². The molecule has 23 heavy (non-hydrogen) atoms. The van der Waals surface area contributed by atoms with Gasteiger partial charge in [-0.2, -0.15) is 0 Å². The molecule has 0 aliphatic rings. The van der Waals surface area contributed by atoms with E-state index in [9.17, 15) is 0 Å². The molecule has 1 heterocycles. The molecule has 0 fully saturated rings. The molecular formula is C18H26N4O. The standard InChI is InChI=1S/C18H26N4O/c1-4-23-17-8-7-16(13-15(17)2)14-21-18(19-3)20-9-12-22-10-5-6-11-22/h5-8,10-11,13H,4,9,12,14H2,1-3H3,(H2,19,20,21). The minimum Gasteiger partial charge on any atom is -0.494 e. The number of benzene rings is 1. The topological polar surface area (TPSA) is 50.6 Å². The Kier molecular flexibility index (Phi) is 6.54. The fourth-order valence-electron chi connectivity index (χ4n) is 2.37. The molecule has 0 radical (unpaired) electrons. The maximum absolute atomic E-state index is 5.57. The lowest BCUT2D eigenvalue weighted by atomic mass is 10.1. The van der Waals surface area contributed by atoms with E-state index in [1.165, 1.54) is 5.56 Å². The first-order valence-corrected chi connectivity index (χ1v) is 8.00. The van der Waals surface area contributed by atoms with Gasteiger partial charge in [0.15, 0.2) is 5.96 Å². The van der Waals surface area contributed by atoms with E-state index in [1.54, 1.807) is 7.05 Å². The van der Waals surface area contributed by atoms with E-state index in [1.807, 2.05) is 25.1 Å². The predicted molar refractivity (Wildman–Crippen MR) is 95.0 cm³/mol. The third-order valence-electron chi connectivity index (χ3n) is 3.55. The van der Waals surface area contributed by atoms with E-state index in [-0.39, 0.29) is 0 Å². The molecule has 0 unspecified atom stereocenters. The van der Waals surface area contributed by atoms with Gasteiger partial charge in [0, 0.05) is 39.1 Å². The van der Waals surface area contributed by atoms with Gasteiger partial charge in [-0.1, -0.05) is 12.1 Å². The second-order valence-corrected chi connectivity index (χ2v) is 5.31. The summed E-state index contributed by atoms with van der Waals surface area (Å²) in [6.07, 6.45) is 4.11. The SMILES string of the molecule is CCOc1ccc(CNC(=NC)NCCn2cccc2)cc1C. The fraction of sp³-hybridized carbons (Fsp3) is 0.389. The van der Waals surface area contributed by atoms with Crippen LogP contribution in [-0.4, -0.2) is 30.7 Å². The molecule has 0 saturated carbocycles. The number of hydrogen-bond donors (Lipinski definition) is 2. The quantitative estimate of drug-likeness (QED) is 0.610. The van der Waals surface area contributed by atoms with Crippen molar-refractivity contribution in [3.63, 3.8) is 0 Å². The Morgan fingerprint density at radius 1 is 1.22 bits per heavy atom. The molecule has 1 aromatic carbocycles. The van der Waals surface area contributed by atoms with Gasteiger partial charge >= 0.3 is 0 Å². The molecule has 0 aliphatic carbocycles. The first-order valence-electron chi connectivity index (χ1n) is 8.00. The molecule has 0 bridgehead atoms. The molecule has 0 aliphatic heterocycles. The Hall–Kier alpha value is -2.43. The minimum absolute atomic E-state index is 0.691. The Labute approximate surface area is 138 Å². The van der Waals surface area contributed by atoms with E-state index in [0.29, 0.717) is 6.61 Å². The summed E-state index contributed by atoms with van der Waals surface area (Å²) in [5.41, 5.74) is 2.36. The van der Waals surface area contributed by atoms with Gasteiger partial charge in [-0.3, -0.25) is 4.99 Å². The van der Waals surface area contributed by atoms with Crippen LogP contribution in [0.5, 0.6) is 5.75 Å². The number of hydrogen-bond acceptors (Lipinski definition) is 2. The first kappa shape index (κ1) is 16.9. The van der Waals surface area contributed by atoms with Gasteiger partial charge < -0.3 is 19.9 Å². The summed E-state index contributed by atoms with van der Waals surface area (Å²) in [6.45, 7) is 7.23. The normalized spacial score (nSPS) is 11.3. The van der Waals surface area contributed by atoms with Crippen LogP contribution in [-0.2, 0) is 13.1 Å². The fourth-order valence-corrected chi connectivity index (χ4v) is 2.37. The van der Waals surface area contributed by atoms with Crippen LogP contribution in [0.25, 0.3) is 0 Å². The minimum atomic E-state index is 0.691. The molecule has 2 rings (SSSR count). The van der Waals surface area contributed by atoms with Gasteiger partial charge in [-0.25, -0.2) is 0 Å². The van der Waals surface area contributed by atoms with E-state index >= 15 is 0 Å². The highest BCUT2D eigenvalue weighted by Crippen LogP contribution is 2.18. The van der Waals surface area contributed by atoms with Crippen molar-refractivity contribution in [1.82, 2.24) is 15.2 Å². The predicted octanol–water partition coefficient (Wildman–Crippen LogP) is 2.56. The molecule has 5 nitrogen and oxygen atoms in total. The van der Waals surface area contributed by atoms with Crippen LogP contribution in [0.3, 0.4) is 0 Å². The largest absolute Gasteiger partial charge is 0.494 e. The zero-order chi connectivity index (χ0) is 16.5. The molecule has 0 spiro atoms. The number of ether oxygens (including phenoxy) is 1. The van der Waals surface area contributed by atoms with E-state index in [2.05, 4.69) is 51.6 Å². The third-order valence-corrected chi connectivity index (χ3v) is 3.55. The van der Waals surface area contributed by atoms with E-state index in [4.69, 9.17) is 4.74 Å². The van der Waals surface area contributed by atoms with Gasteiger partial charge in [-0.05, 0) is 43.2 Å². The number of aromatic nitrogens is 1. The molecule has 0 atom stereocenters. The van der Waals surface area contributed by atoms with Crippen molar-refractivity contribution in [2.45, 2.75) is 26.9 Å². The van der Waals surface area contributed by atoms with E-state index < -0.39 is 0 Å². The Balaban J connectivity index is 1.79. The summed E-state index contributed by atoms with van der Waals surface area (Å²) in [4.78, 5) is 4.25. The summed E-state index contributed by atoms with van der Waals surface area (Å²) < 4.78 is 7.70. The van der Waals surface area contributed by atoms with Crippen molar-refractivity contribution in [2.75, 3.05) is 20.2 Å². The number of guanidine groups is 1. The second-order valence-electron chi connectivity index (χ2n) is 5.31. The van der Waals surface area contributed by atoms with Crippen molar-refractivity contribution in [3.05, 3.63) is 53.9 Å². The van der Waals surface area contributed by atoms with Crippen LogP contribution in [0, 0.1) is 6.92 Å². The van der Waals surface area contributed by atoms with Crippen LogP contribution in [0.1, 0.15) is 18.1 Å². The highest BCUT2D eigenvalue weighted by Gasteiger charge is 2.02. The van der Waals surface area contributed by atoms with Crippen molar-refractivity contribution >= 4 is 5.96 Å². The second kappa shape index (κ2) is 8.88. The van der Waals surface area contributed by atoms with Gasteiger partial charge in [-0.15, -0.1) is 0 Å². The van der Waals surface area contributed by atoms with Gasteiger partial charge in [0.25, 0.3) is 0 Å². The molecule has 2 N–H and O–H groups in total. The highest BCUT2D eigenvalue weighted by molar-refractivity contribution is 5.79. The average molecular weight is 314 g/mol. The summed E-state index contributed by atoms with van der Waals surface area (Å²) in [5.74, 6) is 1.76. The van der Waals surface area contributed by atoms with E-state index in [0.717, 1.165) is 36.9 Å². The smallest absolute Gasteiger partial charge is 0.191 e. The number of aliphatic imine (C=N–C) groups is 1. The van der Waals surface area contributed by atoms with Crippen LogP contribution < -0.4 is 15.4 Å². The lowest BCUT2D eigenvalue weighted by Gasteiger charge is -2.13. The highest BCUT2D eigenvalue weighted by atomic mass is 16.5. The van der Waals surface area contributed by atoms with Crippen LogP contribution in [0.2, 0.25) is 0 Å². The van der Waals surface area contributed by atoms with Gasteiger partial charge in [0.05, 0.1) is 6.61 Å². The number of aryl methyl sites for hydroxylation is 1. The summed E-state index contributed by atoms with van der Waals surface area (Å²) in [7, 11) is 1.79. The van der Waals surface area contributed by atoms with Crippen molar-refractivity contribution in [2.24, 2.45) is 4.99 Å². The Bertz CT molecular complexity index is 620. The molecule has 1 aromatic heterocycles. The molecule has 2 aromatic rings. The zero-order valence-electron chi connectivity index (χ0n) is 14.2. The maximum Gasteiger partial charge on any atom is 0.191 e. The molecule has 0 saturated heterocycles. The maximum atomic E-state index is 5.57. The number of rotatable bonds is 7. The van der Waals surface area contributed by atoms with Crippen LogP contribution in [0.15, 0.2) is 47.7 Å². The monoisotopic (exact) mass is 314 g/mol. The van der Waals surface area contributed by atoms with Crippen LogP contribution in [0.4, 0.5) is 0 Å². The molecule has 5 heteroatoms. The Morgan fingerprint density at radius 3 is 2.65 bits per heavy atom. The zero-order valence-corrected chi connectivity index (χ0v) is 14.2. The number of nitrogens with zero attached hydrogens (tertiary/aromatic N) is 2. The lowest BCUT2D eigenvalue weighted by molar-refractivity contribution is 0.338. The van der Waals surface area contributed by atoms with Crippen molar-refractivity contribution in [1.29, 1.82) is 0 Å². The van der Waals surface area contributed by atoms with Crippen LogP contribution >= 0.6 is 0 Å². The summed E-state index contributed by atoms with van der Waals surface area (Å²) in [5, 5.41) is 6.65.